The summed E-state index contributed by atoms with van der Waals surface area (Å²) in [4.78, 5) is 0. The Kier molecular flexibility index (Phi) is 2.14. The molecule has 1 heteroatoms. The molecule has 0 amide bonds. The summed E-state index contributed by atoms with van der Waals surface area (Å²) in [6.45, 7) is 6.30. The fourth-order valence-electron chi connectivity index (χ4n) is 1.33. The lowest BCUT2D eigenvalue weighted by atomic mass is 9.86. The molecule has 0 aliphatic heterocycles. The van der Waals surface area contributed by atoms with Crippen LogP contribution in [0.3, 0.4) is 0 Å². The van der Waals surface area contributed by atoms with Crippen molar-refractivity contribution in [1.29, 1.82) is 5.26 Å². The highest BCUT2D eigenvalue weighted by molar-refractivity contribution is 5.39. The molecule has 0 N–H and O–H groups in total. The maximum Gasteiger partial charge on any atom is 0.0950 e. The molecule has 1 aliphatic carbocycles. The zero-order chi connectivity index (χ0) is 8.43. The zero-order valence-electron chi connectivity index (χ0n) is 7.31. The molecule has 0 radical (unpaired) electrons. The van der Waals surface area contributed by atoms with Gasteiger partial charge in [-0.1, -0.05) is 18.6 Å². The highest BCUT2D eigenvalue weighted by Crippen LogP contribution is 2.27. The van der Waals surface area contributed by atoms with E-state index in [0.717, 1.165) is 17.6 Å². The minimum atomic E-state index is 0.549. The van der Waals surface area contributed by atoms with Gasteiger partial charge in [-0.2, -0.15) is 5.26 Å². The third-order valence-electron chi connectivity index (χ3n) is 2.34. The quantitative estimate of drug-likeness (QED) is 0.517. The van der Waals surface area contributed by atoms with Gasteiger partial charge in [0.05, 0.1) is 6.07 Å². The third-order valence-corrected chi connectivity index (χ3v) is 2.34. The molecule has 0 saturated heterocycles. The van der Waals surface area contributed by atoms with Gasteiger partial charge in [0.25, 0.3) is 0 Å². The van der Waals surface area contributed by atoms with Gasteiger partial charge < -0.3 is 0 Å². The maximum absolute atomic E-state index is 8.73. The van der Waals surface area contributed by atoms with Crippen molar-refractivity contribution in [2.45, 2.75) is 27.2 Å². The number of allylic oxidation sites excluding steroid dienone is 4. The van der Waals surface area contributed by atoms with Crippen molar-refractivity contribution >= 4 is 0 Å². The van der Waals surface area contributed by atoms with Gasteiger partial charge in [-0.05, 0) is 31.8 Å². The summed E-state index contributed by atoms with van der Waals surface area (Å²) in [5.74, 6) is 0.549. The minimum absolute atomic E-state index is 0.549. The topological polar surface area (TPSA) is 23.8 Å². The SMILES string of the molecule is CC1=CC(C)=C(C#N)CC1C. The largest absolute Gasteiger partial charge is 0.193 e. The summed E-state index contributed by atoms with van der Waals surface area (Å²) in [5.41, 5.74) is 3.48. The number of rotatable bonds is 0. The van der Waals surface area contributed by atoms with E-state index in [1.807, 2.05) is 6.92 Å². The van der Waals surface area contributed by atoms with Crippen molar-refractivity contribution < 1.29 is 0 Å². The van der Waals surface area contributed by atoms with Crippen LogP contribution in [0, 0.1) is 17.2 Å². The summed E-state index contributed by atoms with van der Waals surface area (Å²) < 4.78 is 0. The minimum Gasteiger partial charge on any atom is -0.193 e. The Morgan fingerprint density at radius 2 is 2.18 bits per heavy atom. The monoisotopic (exact) mass is 147 g/mol. The number of nitriles is 1. The van der Waals surface area contributed by atoms with E-state index >= 15 is 0 Å². The molecule has 0 heterocycles. The van der Waals surface area contributed by atoms with Crippen LogP contribution in [-0.2, 0) is 0 Å². The predicted molar refractivity (Wildman–Crippen MR) is 45.9 cm³/mol. The third kappa shape index (κ3) is 1.51. The molecule has 58 valence electrons. The van der Waals surface area contributed by atoms with E-state index in [-0.39, 0.29) is 0 Å². The summed E-state index contributed by atoms with van der Waals surface area (Å²) in [5, 5.41) is 8.73. The van der Waals surface area contributed by atoms with Crippen molar-refractivity contribution in [3.8, 4) is 6.07 Å². The van der Waals surface area contributed by atoms with Crippen LogP contribution in [-0.4, -0.2) is 0 Å². The lowest BCUT2D eigenvalue weighted by Crippen LogP contribution is -2.04. The van der Waals surface area contributed by atoms with E-state index in [0.29, 0.717) is 5.92 Å². The molecule has 0 fully saturated rings. The van der Waals surface area contributed by atoms with Crippen LogP contribution in [0.2, 0.25) is 0 Å². The fraction of sp³-hybridized carbons (Fsp3) is 0.500. The molecule has 1 aliphatic rings. The highest BCUT2D eigenvalue weighted by atomic mass is 14.3. The smallest absolute Gasteiger partial charge is 0.0950 e. The van der Waals surface area contributed by atoms with Gasteiger partial charge in [0.1, 0.15) is 0 Å². The van der Waals surface area contributed by atoms with E-state index in [1.165, 1.54) is 5.57 Å². The van der Waals surface area contributed by atoms with Crippen LogP contribution >= 0.6 is 0 Å². The van der Waals surface area contributed by atoms with E-state index < -0.39 is 0 Å². The molecule has 1 unspecified atom stereocenters. The molecule has 1 rings (SSSR count). The molecule has 1 atom stereocenters. The molecule has 0 bridgehead atoms. The first-order chi connectivity index (χ1) is 5.15. The second kappa shape index (κ2) is 2.92. The molecule has 0 aromatic carbocycles. The Hall–Kier alpha value is -1.03. The Bertz CT molecular complexity index is 263. The summed E-state index contributed by atoms with van der Waals surface area (Å²) >= 11 is 0. The molecule has 0 saturated carbocycles. The van der Waals surface area contributed by atoms with Gasteiger partial charge >= 0.3 is 0 Å². The average Bonchev–Trinajstić information content (AvgIpc) is 1.97. The van der Waals surface area contributed by atoms with Crippen molar-refractivity contribution in [2.24, 2.45) is 5.92 Å². The van der Waals surface area contributed by atoms with Crippen LogP contribution in [0.4, 0.5) is 0 Å². The van der Waals surface area contributed by atoms with Crippen LogP contribution in [0.25, 0.3) is 0 Å². The van der Waals surface area contributed by atoms with Crippen molar-refractivity contribution in [1.82, 2.24) is 0 Å². The predicted octanol–water partition coefficient (Wildman–Crippen LogP) is 2.81. The lowest BCUT2D eigenvalue weighted by molar-refractivity contribution is 0.666. The van der Waals surface area contributed by atoms with E-state index in [9.17, 15) is 0 Å². The van der Waals surface area contributed by atoms with Crippen LogP contribution in [0.15, 0.2) is 22.8 Å². The van der Waals surface area contributed by atoms with Gasteiger partial charge in [0, 0.05) is 5.57 Å². The Balaban J connectivity index is 2.99. The first kappa shape index (κ1) is 8.07. The molecular weight excluding hydrogens is 134 g/mol. The maximum atomic E-state index is 8.73. The Morgan fingerprint density at radius 3 is 2.73 bits per heavy atom. The van der Waals surface area contributed by atoms with E-state index in [1.54, 1.807) is 0 Å². The van der Waals surface area contributed by atoms with Gasteiger partial charge in [-0.3, -0.25) is 0 Å². The number of hydrogen-bond acceptors (Lipinski definition) is 1. The second-order valence-electron chi connectivity index (χ2n) is 3.27. The van der Waals surface area contributed by atoms with Crippen LogP contribution in [0.1, 0.15) is 27.2 Å². The van der Waals surface area contributed by atoms with Crippen molar-refractivity contribution in [3.05, 3.63) is 22.8 Å². The summed E-state index contributed by atoms with van der Waals surface area (Å²) in [6.07, 6.45) is 3.04. The Morgan fingerprint density at radius 1 is 1.55 bits per heavy atom. The molecule has 11 heavy (non-hydrogen) atoms. The van der Waals surface area contributed by atoms with Crippen LogP contribution < -0.4 is 0 Å². The average molecular weight is 147 g/mol. The van der Waals surface area contributed by atoms with Crippen molar-refractivity contribution in [2.75, 3.05) is 0 Å². The highest BCUT2D eigenvalue weighted by Gasteiger charge is 2.14. The molecule has 0 aromatic heterocycles. The lowest BCUT2D eigenvalue weighted by Gasteiger charge is -2.17. The summed E-state index contributed by atoms with van der Waals surface area (Å²) in [7, 11) is 0. The van der Waals surface area contributed by atoms with E-state index in [2.05, 4.69) is 26.0 Å². The fourth-order valence-corrected chi connectivity index (χ4v) is 1.33. The normalized spacial score (nSPS) is 24.5. The molecule has 1 nitrogen and oxygen atoms in total. The van der Waals surface area contributed by atoms with Gasteiger partial charge in [-0.25, -0.2) is 0 Å². The molecular formula is C10H13N. The van der Waals surface area contributed by atoms with Crippen LogP contribution in [0.5, 0.6) is 0 Å². The molecule has 0 spiro atoms. The standard InChI is InChI=1S/C10H13N/c1-7-4-9(3)10(6-11)5-8(7)2/h4,8H,5H2,1-3H3. The first-order valence-electron chi connectivity index (χ1n) is 3.93. The van der Waals surface area contributed by atoms with E-state index in [4.69, 9.17) is 5.26 Å². The van der Waals surface area contributed by atoms with Gasteiger partial charge in [-0.15, -0.1) is 0 Å². The summed E-state index contributed by atoms with van der Waals surface area (Å²) in [6, 6.07) is 2.24. The van der Waals surface area contributed by atoms with Gasteiger partial charge in [0.2, 0.25) is 0 Å². The zero-order valence-corrected chi connectivity index (χ0v) is 7.31. The first-order valence-corrected chi connectivity index (χ1v) is 3.93. The number of nitrogens with zero attached hydrogens (tertiary/aromatic N) is 1. The van der Waals surface area contributed by atoms with Crippen molar-refractivity contribution in [3.63, 3.8) is 0 Å². The molecule has 0 aromatic rings. The Labute approximate surface area is 68.0 Å². The number of hydrogen-bond donors (Lipinski definition) is 0. The van der Waals surface area contributed by atoms with Gasteiger partial charge in [0.15, 0.2) is 0 Å². The second-order valence-corrected chi connectivity index (χ2v) is 3.27.